The molecule has 1 aliphatic rings. The standard InChI is InChI=1S/C7H14O2/c1-2-7(8)9-5-6-3-4-6/h6-8H,2-5H2,1H3/t7-/m0/s1. The fourth-order valence-electron chi connectivity index (χ4n) is 0.650. The Labute approximate surface area is 55.8 Å². The van der Waals surface area contributed by atoms with Gasteiger partial charge in [-0.1, -0.05) is 6.92 Å². The van der Waals surface area contributed by atoms with Crippen LogP contribution in [0.5, 0.6) is 0 Å². The first kappa shape index (κ1) is 7.03. The van der Waals surface area contributed by atoms with Crippen LogP contribution >= 0.6 is 0 Å². The van der Waals surface area contributed by atoms with Crippen molar-refractivity contribution in [2.24, 2.45) is 5.92 Å². The smallest absolute Gasteiger partial charge is 0.154 e. The summed E-state index contributed by atoms with van der Waals surface area (Å²) in [6.45, 7) is 2.67. The SMILES string of the molecule is CC[C@@H](O)OCC1CC1. The van der Waals surface area contributed by atoms with Crippen molar-refractivity contribution in [3.05, 3.63) is 0 Å². The predicted octanol–water partition coefficient (Wildman–Crippen LogP) is 1.14. The van der Waals surface area contributed by atoms with Gasteiger partial charge in [-0.25, -0.2) is 0 Å². The van der Waals surface area contributed by atoms with Crippen LogP contribution in [0.1, 0.15) is 26.2 Å². The lowest BCUT2D eigenvalue weighted by atomic mass is 10.4. The monoisotopic (exact) mass is 130 g/mol. The average molecular weight is 130 g/mol. The highest BCUT2D eigenvalue weighted by Crippen LogP contribution is 2.29. The fourth-order valence-corrected chi connectivity index (χ4v) is 0.650. The molecule has 0 aromatic heterocycles. The molecule has 0 aromatic carbocycles. The van der Waals surface area contributed by atoms with E-state index in [1.54, 1.807) is 0 Å². The van der Waals surface area contributed by atoms with Crippen LogP contribution in [0.25, 0.3) is 0 Å². The quantitative estimate of drug-likeness (QED) is 0.578. The van der Waals surface area contributed by atoms with E-state index in [2.05, 4.69) is 0 Å². The van der Waals surface area contributed by atoms with Gasteiger partial charge in [0.2, 0.25) is 0 Å². The highest BCUT2D eigenvalue weighted by molar-refractivity contribution is 4.71. The van der Waals surface area contributed by atoms with E-state index in [0.717, 1.165) is 12.5 Å². The minimum absolute atomic E-state index is 0.523. The van der Waals surface area contributed by atoms with Crippen molar-refractivity contribution in [3.8, 4) is 0 Å². The molecular weight excluding hydrogens is 116 g/mol. The Balaban J connectivity index is 1.90. The Morgan fingerprint density at radius 3 is 2.78 bits per heavy atom. The zero-order chi connectivity index (χ0) is 6.69. The van der Waals surface area contributed by atoms with Crippen molar-refractivity contribution >= 4 is 0 Å². The maximum absolute atomic E-state index is 8.91. The first-order valence-electron chi connectivity index (χ1n) is 3.62. The number of rotatable bonds is 4. The van der Waals surface area contributed by atoms with E-state index >= 15 is 0 Å². The molecule has 0 aliphatic heterocycles. The fraction of sp³-hybridized carbons (Fsp3) is 1.00. The third-order valence-corrected chi connectivity index (χ3v) is 1.57. The summed E-state index contributed by atoms with van der Waals surface area (Å²) in [6, 6.07) is 0. The number of aliphatic hydroxyl groups excluding tert-OH is 1. The minimum atomic E-state index is -0.523. The molecule has 2 heteroatoms. The Hall–Kier alpha value is -0.0800. The van der Waals surface area contributed by atoms with Crippen LogP contribution < -0.4 is 0 Å². The predicted molar refractivity (Wildman–Crippen MR) is 35.0 cm³/mol. The van der Waals surface area contributed by atoms with Gasteiger partial charge in [0.15, 0.2) is 6.29 Å². The Morgan fingerprint density at radius 1 is 1.67 bits per heavy atom. The molecule has 1 fully saturated rings. The van der Waals surface area contributed by atoms with E-state index < -0.39 is 6.29 Å². The largest absolute Gasteiger partial charge is 0.368 e. The molecule has 54 valence electrons. The third-order valence-electron chi connectivity index (χ3n) is 1.57. The Bertz CT molecular complexity index is 79.0. The molecule has 0 spiro atoms. The van der Waals surface area contributed by atoms with E-state index in [0.29, 0.717) is 6.42 Å². The summed E-state index contributed by atoms with van der Waals surface area (Å²) in [5.74, 6) is 0.756. The van der Waals surface area contributed by atoms with Gasteiger partial charge in [0.25, 0.3) is 0 Å². The topological polar surface area (TPSA) is 29.5 Å². The number of aliphatic hydroxyl groups is 1. The van der Waals surface area contributed by atoms with Crippen LogP contribution in [0.2, 0.25) is 0 Å². The molecule has 0 radical (unpaired) electrons. The Morgan fingerprint density at radius 2 is 2.33 bits per heavy atom. The summed E-state index contributed by atoms with van der Waals surface area (Å²) < 4.78 is 5.07. The lowest BCUT2D eigenvalue weighted by Crippen LogP contribution is -2.11. The average Bonchev–Trinajstić information content (AvgIpc) is 2.65. The maximum Gasteiger partial charge on any atom is 0.154 e. The summed E-state index contributed by atoms with van der Waals surface area (Å²) in [5.41, 5.74) is 0. The normalized spacial score (nSPS) is 22.0. The first-order valence-corrected chi connectivity index (χ1v) is 3.62. The highest BCUT2D eigenvalue weighted by Gasteiger charge is 2.22. The summed E-state index contributed by atoms with van der Waals surface area (Å²) in [6.07, 6.45) is 2.75. The van der Waals surface area contributed by atoms with Crippen LogP contribution in [0.15, 0.2) is 0 Å². The van der Waals surface area contributed by atoms with Gasteiger partial charge in [-0.05, 0) is 25.2 Å². The van der Waals surface area contributed by atoms with Crippen molar-refractivity contribution in [1.29, 1.82) is 0 Å². The van der Waals surface area contributed by atoms with Gasteiger partial charge >= 0.3 is 0 Å². The molecule has 1 N–H and O–H groups in total. The minimum Gasteiger partial charge on any atom is -0.368 e. The zero-order valence-corrected chi connectivity index (χ0v) is 5.84. The molecular formula is C7H14O2. The third kappa shape index (κ3) is 2.82. The van der Waals surface area contributed by atoms with Crippen LogP contribution in [-0.2, 0) is 4.74 Å². The van der Waals surface area contributed by atoms with Gasteiger partial charge in [0.05, 0.1) is 6.61 Å². The van der Waals surface area contributed by atoms with Gasteiger partial charge in [0.1, 0.15) is 0 Å². The van der Waals surface area contributed by atoms with Crippen LogP contribution in [0.3, 0.4) is 0 Å². The number of ether oxygens (including phenoxy) is 1. The first-order chi connectivity index (χ1) is 4.33. The van der Waals surface area contributed by atoms with E-state index in [1.165, 1.54) is 12.8 Å². The second kappa shape index (κ2) is 3.18. The number of hydrogen-bond donors (Lipinski definition) is 1. The molecule has 1 saturated carbocycles. The summed E-state index contributed by atoms with van der Waals surface area (Å²) in [5, 5.41) is 8.91. The second-order valence-electron chi connectivity index (χ2n) is 2.64. The van der Waals surface area contributed by atoms with Gasteiger partial charge in [-0.15, -0.1) is 0 Å². The molecule has 1 aliphatic carbocycles. The van der Waals surface area contributed by atoms with E-state index in [9.17, 15) is 0 Å². The molecule has 0 amide bonds. The summed E-state index contributed by atoms with van der Waals surface area (Å²) in [7, 11) is 0. The van der Waals surface area contributed by atoms with Crippen LogP contribution in [0, 0.1) is 5.92 Å². The van der Waals surface area contributed by atoms with Crippen molar-refractivity contribution in [2.75, 3.05) is 6.61 Å². The van der Waals surface area contributed by atoms with Gasteiger partial charge < -0.3 is 9.84 Å². The molecule has 2 nitrogen and oxygen atoms in total. The maximum atomic E-state index is 8.91. The van der Waals surface area contributed by atoms with Crippen molar-refractivity contribution in [3.63, 3.8) is 0 Å². The molecule has 0 unspecified atom stereocenters. The van der Waals surface area contributed by atoms with Crippen molar-refractivity contribution in [2.45, 2.75) is 32.5 Å². The molecule has 1 atom stereocenters. The van der Waals surface area contributed by atoms with Crippen molar-refractivity contribution in [1.82, 2.24) is 0 Å². The van der Waals surface area contributed by atoms with E-state index in [-0.39, 0.29) is 0 Å². The van der Waals surface area contributed by atoms with E-state index in [4.69, 9.17) is 9.84 Å². The zero-order valence-electron chi connectivity index (χ0n) is 5.84. The van der Waals surface area contributed by atoms with Crippen LogP contribution in [-0.4, -0.2) is 18.0 Å². The lowest BCUT2D eigenvalue weighted by molar-refractivity contribution is -0.103. The second-order valence-corrected chi connectivity index (χ2v) is 2.64. The molecule has 0 heterocycles. The van der Waals surface area contributed by atoms with Gasteiger partial charge in [-0.2, -0.15) is 0 Å². The molecule has 0 aromatic rings. The van der Waals surface area contributed by atoms with Gasteiger partial charge in [0, 0.05) is 0 Å². The molecule has 9 heavy (non-hydrogen) atoms. The lowest BCUT2D eigenvalue weighted by Gasteiger charge is -2.07. The van der Waals surface area contributed by atoms with Crippen LogP contribution in [0.4, 0.5) is 0 Å². The van der Waals surface area contributed by atoms with Crippen molar-refractivity contribution < 1.29 is 9.84 Å². The number of hydrogen-bond acceptors (Lipinski definition) is 2. The highest BCUT2D eigenvalue weighted by atomic mass is 16.6. The van der Waals surface area contributed by atoms with E-state index in [1.807, 2.05) is 6.92 Å². The summed E-state index contributed by atoms with van der Waals surface area (Å²) >= 11 is 0. The molecule has 0 saturated heterocycles. The Kier molecular flexibility index (Phi) is 2.49. The molecule has 1 rings (SSSR count). The summed E-state index contributed by atoms with van der Waals surface area (Å²) in [4.78, 5) is 0. The van der Waals surface area contributed by atoms with Gasteiger partial charge in [-0.3, -0.25) is 0 Å². The molecule has 0 bridgehead atoms.